The fourth-order valence-electron chi connectivity index (χ4n) is 2.29. The topological polar surface area (TPSA) is 59.5 Å². The second-order valence-corrected chi connectivity index (χ2v) is 5.24. The Bertz CT molecular complexity index is 829. The van der Waals surface area contributed by atoms with E-state index in [1.807, 2.05) is 34.2 Å². The number of thiazole rings is 1. The van der Waals surface area contributed by atoms with Gasteiger partial charge in [-0.05, 0) is 18.2 Å². The van der Waals surface area contributed by atoms with Crippen LogP contribution < -0.4 is 9.47 Å². The fourth-order valence-corrected chi connectivity index (χ4v) is 3.02. The first kappa shape index (κ1) is 13.5. The standard InChI is InChI=1S/C15H13N3O2S/c1-19-12-4-3-10(9-13(12)20-2)14-11(5-6-16)18-7-8-21-15(18)17-14/h3-4,7-9H,5H2,1-2H3. The van der Waals surface area contributed by atoms with Gasteiger partial charge in [0.05, 0.1) is 38.1 Å². The summed E-state index contributed by atoms with van der Waals surface area (Å²) in [7, 11) is 3.20. The summed E-state index contributed by atoms with van der Waals surface area (Å²) in [5.74, 6) is 1.32. The smallest absolute Gasteiger partial charge is 0.194 e. The van der Waals surface area contributed by atoms with Crippen LogP contribution in [0.25, 0.3) is 16.2 Å². The van der Waals surface area contributed by atoms with Crippen molar-refractivity contribution in [2.75, 3.05) is 14.2 Å². The molecule has 2 heterocycles. The van der Waals surface area contributed by atoms with Gasteiger partial charge in [-0.3, -0.25) is 4.40 Å². The van der Waals surface area contributed by atoms with Gasteiger partial charge in [0.25, 0.3) is 0 Å². The molecular weight excluding hydrogens is 286 g/mol. The average Bonchev–Trinajstić information content (AvgIpc) is 3.09. The summed E-state index contributed by atoms with van der Waals surface area (Å²) in [6.07, 6.45) is 2.24. The second kappa shape index (κ2) is 5.46. The highest BCUT2D eigenvalue weighted by atomic mass is 32.1. The minimum atomic E-state index is 0.307. The molecule has 0 spiro atoms. The van der Waals surface area contributed by atoms with Crippen LogP contribution in [0.1, 0.15) is 5.69 Å². The Morgan fingerprint density at radius 1 is 1.29 bits per heavy atom. The van der Waals surface area contributed by atoms with Gasteiger partial charge in [-0.15, -0.1) is 11.3 Å². The molecule has 0 saturated carbocycles. The third-order valence-corrected chi connectivity index (χ3v) is 4.02. The highest BCUT2D eigenvalue weighted by Crippen LogP contribution is 2.34. The van der Waals surface area contributed by atoms with Gasteiger partial charge in [0.2, 0.25) is 0 Å². The number of nitriles is 1. The quantitative estimate of drug-likeness (QED) is 0.742. The molecule has 0 aliphatic carbocycles. The zero-order valence-corrected chi connectivity index (χ0v) is 12.5. The van der Waals surface area contributed by atoms with Gasteiger partial charge >= 0.3 is 0 Å². The van der Waals surface area contributed by atoms with E-state index in [9.17, 15) is 0 Å². The first-order valence-corrected chi connectivity index (χ1v) is 7.20. The molecule has 0 aliphatic rings. The molecule has 21 heavy (non-hydrogen) atoms. The zero-order valence-electron chi connectivity index (χ0n) is 11.7. The Balaban J connectivity index is 2.18. The predicted molar refractivity (Wildman–Crippen MR) is 80.9 cm³/mol. The third-order valence-electron chi connectivity index (χ3n) is 3.26. The van der Waals surface area contributed by atoms with Gasteiger partial charge < -0.3 is 9.47 Å². The van der Waals surface area contributed by atoms with Crippen molar-refractivity contribution in [1.82, 2.24) is 9.38 Å². The monoisotopic (exact) mass is 299 g/mol. The molecular formula is C15H13N3O2S. The Morgan fingerprint density at radius 2 is 2.10 bits per heavy atom. The van der Waals surface area contributed by atoms with Crippen molar-refractivity contribution in [2.45, 2.75) is 6.42 Å². The van der Waals surface area contributed by atoms with E-state index in [-0.39, 0.29) is 0 Å². The van der Waals surface area contributed by atoms with Crippen molar-refractivity contribution < 1.29 is 9.47 Å². The Kier molecular flexibility index (Phi) is 3.50. The Morgan fingerprint density at radius 3 is 2.81 bits per heavy atom. The maximum Gasteiger partial charge on any atom is 0.194 e. The minimum absolute atomic E-state index is 0.307. The lowest BCUT2D eigenvalue weighted by Crippen LogP contribution is -1.94. The molecule has 3 rings (SSSR count). The maximum atomic E-state index is 9.06. The largest absolute Gasteiger partial charge is 0.493 e. The molecule has 0 fully saturated rings. The molecule has 0 aliphatic heterocycles. The minimum Gasteiger partial charge on any atom is -0.493 e. The second-order valence-electron chi connectivity index (χ2n) is 4.37. The lowest BCUT2D eigenvalue weighted by molar-refractivity contribution is 0.355. The van der Waals surface area contributed by atoms with E-state index in [1.54, 1.807) is 25.6 Å². The van der Waals surface area contributed by atoms with Gasteiger partial charge in [-0.25, -0.2) is 4.98 Å². The molecule has 0 atom stereocenters. The van der Waals surface area contributed by atoms with Crippen LogP contribution in [-0.2, 0) is 6.42 Å². The van der Waals surface area contributed by atoms with Crippen LogP contribution in [0.15, 0.2) is 29.8 Å². The summed E-state index contributed by atoms with van der Waals surface area (Å²) in [6.45, 7) is 0. The number of fused-ring (bicyclic) bond motifs is 1. The fraction of sp³-hybridized carbons (Fsp3) is 0.200. The van der Waals surface area contributed by atoms with Gasteiger partial charge in [0.15, 0.2) is 16.5 Å². The van der Waals surface area contributed by atoms with Crippen LogP contribution in [-0.4, -0.2) is 23.6 Å². The summed E-state index contributed by atoms with van der Waals surface area (Å²) in [5, 5.41) is 11.0. The normalized spacial score (nSPS) is 10.5. The number of ether oxygens (including phenoxy) is 2. The van der Waals surface area contributed by atoms with E-state index in [2.05, 4.69) is 11.1 Å². The summed E-state index contributed by atoms with van der Waals surface area (Å²) in [6, 6.07) is 7.85. The number of rotatable bonds is 4. The number of benzene rings is 1. The van der Waals surface area contributed by atoms with Crippen LogP contribution in [0.5, 0.6) is 11.5 Å². The number of aromatic nitrogens is 2. The van der Waals surface area contributed by atoms with Crippen LogP contribution in [0, 0.1) is 11.3 Å². The van der Waals surface area contributed by atoms with E-state index < -0.39 is 0 Å². The van der Waals surface area contributed by atoms with Crippen molar-refractivity contribution >= 4 is 16.3 Å². The summed E-state index contributed by atoms with van der Waals surface area (Å²) in [4.78, 5) is 5.51. The van der Waals surface area contributed by atoms with Crippen molar-refractivity contribution in [1.29, 1.82) is 5.26 Å². The van der Waals surface area contributed by atoms with Gasteiger partial charge in [0, 0.05) is 17.1 Å². The zero-order chi connectivity index (χ0) is 14.8. The third kappa shape index (κ3) is 2.22. The van der Waals surface area contributed by atoms with Crippen molar-refractivity contribution in [3.05, 3.63) is 35.5 Å². The molecule has 1 aromatic carbocycles. The summed E-state index contributed by atoms with van der Waals surface area (Å²) < 4.78 is 12.5. The molecule has 0 N–H and O–H groups in total. The van der Waals surface area contributed by atoms with Crippen LogP contribution in [0.3, 0.4) is 0 Å². The molecule has 0 radical (unpaired) electrons. The first-order valence-electron chi connectivity index (χ1n) is 6.32. The number of nitrogens with zero attached hydrogens (tertiary/aromatic N) is 3. The van der Waals surface area contributed by atoms with Crippen molar-refractivity contribution in [3.8, 4) is 28.8 Å². The van der Waals surface area contributed by atoms with Gasteiger partial charge in [-0.1, -0.05) is 0 Å². The highest BCUT2D eigenvalue weighted by Gasteiger charge is 2.16. The van der Waals surface area contributed by atoms with Crippen molar-refractivity contribution in [2.24, 2.45) is 0 Å². The molecule has 3 aromatic rings. The van der Waals surface area contributed by atoms with Gasteiger partial charge in [0.1, 0.15) is 0 Å². The molecule has 6 heteroatoms. The Labute approximate surface area is 126 Å². The molecule has 0 saturated heterocycles. The summed E-state index contributed by atoms with van der Waals surface area (Å²) >= 11 is 1.55. The summed E-state index contributed by atoms with van der Waals surface area (Å²) in [5.41, 5.74) is 2.61. The van der Waals surface area contributed by atoms with Gasteiger partial charge in [-0.2, -0.15) is 5.26 Å². The van der Waals surface area contributed by atoms with Crippen LogP contribution >= 0.6 is 11.3 Å². The lowest BCUT2D eigenvalue weighted by atomic mass is 10.1. The van der Waals surface area contributed by atoms with E-state index >= 15 is 0 Å². The van der Waals surface area contributed by atoms with E-state index in [0.29, 0.717) is 17.9 Å². The van der Waals surface area contributed by atoms with E-state index in [0.717, 1.165) is 21.9 Å². The predicted octanol–water partition coefficient (Wildman–Crippen LogP) is 3.15. The van der Waals surface area contributed by atoms with Crippen molar-refractivity contribution in [3.63, 3.8) is 0 Å². The van der Waals surface area contributed by atoms with Crippen LogP contribution in [0.2, 0.25) is 0 Å². The first-order chi connectivity index (χ1) is 10.3. The van der Waals surface area contributed by atoms with Crippen LogP contribution in [0.4, 0.5) is 0 Å². The molecule has 0 bridgehead atoms. The molecule has 106 valence electrons. The number of hydrogen-bond donors (Lipinski definition) is 0. The molecule has 0 amide bonds. The Hall–Kier alpha value is -2.52. The maximum absolute atomic E-state index is 9.06. The molecule has 0 unspecified atom stereocenters. The van der Waals surface area contributed by atoms with E-state index in [4.69, 9.17) is 14.7 Å². The molecule has 2 aromatic heterocycles. The molecule has 5 nitrogen and oxygen atoms in total. The highest BCUT2D eigenvalue weighted by molar-refractivity contribution is 7.15. The SMILES string of the molecule is COc1ccc(-c2nc3sccn3c2CC#N)cc1OC. The number of methoxy groups -OCH3 is 2. The van der Waals surface area contributed by atoms with E-state index in [1.165, 1.54) is 0 Å². The average molecular weight is 299 g/mol. The number of imidazole rings is 1. The number of hydrogen-bond acceptors (Lipinski definition) is 5. The lowest BCUT2D eigenvalue weighted by Gasteiger charge is -2.09.